The van der Waals surface area contributed by atoms with Crippen molar-refractivity contribution in [1.29, 1.82) is 0 Å². The Hall–Kier alpha value is -2.85. The molecule has 0 atom stereocenters. The maximum atomic E-state index is 6.61. The van der Waals surface area contributed by atoms with Crippen LogP contribution in [0.1, 0.15) is 11.3 Å². The van der Waals surface area contributed by atoms with Gasteiger partial charge in [-0.3, -0.25) is 0 Å². The minimum atomic E-state index is 0.367. The zero-order valence-electron chi connectivity index (χ0n) is 13.1. The summed E-state index contributed by atoms with van der Waals surface area (Å²) in [6.45, 7) is 1.88. The summed E-state index contributed by atoms with van der Waals surface area (Å²) in [6.07, 6.45) is 3.62. The van der Waals surface area contributed by atoms with Crippen molar-refractivity contribution in [3.63, 3.8) is 0 Å². The first-order chi connectivity index (χ1) is 11.6. The Morgan fingerprint density at radius 2 is 1.54 bits per heavy atom. The monoisotopic (exact) mass is 334 g/mol. The molecule has 118 valence electrons. The van der Waals surface area contributed by atoms with Gasteiger partial charge < -0.3 is 5.73 Å². The second-order valence-corrected chi connectivity index (χ2v) is 6.03. The van der Waals surface area contributed by atoms with E-state index in [-0.39, 0.29) is 0 Å². The Balaban J connectivity index is 2.02. The summed E-state index contributed by atoms with van der Waals surface area (Å²) < 4.78 is 1.58. The highest BCUT2D eigenvalue weighted by atomic mass is 35.5. The fourth-order valence-electron chi connectivity index (χ4n) is 2.96. The molecule has 0 aliphatic heterocycles. The number of nitrogens with two attached hydrogens (primary N) is 1. The number of hydrogen-bond acceptors (Lipinski definition) is 3. The smallest absolute Gasteiger partial charge is 0.221 e. The Labute approximate surface area is 144 Å². The van der Waals surface area contributed by atoms with Crippen LogP contribution in [0, 0.1) is 6.92 Å². The Morgan fingerprint density at radius 1 is 1.00 bits per heavy atom. The molecule has 0 aliphatic carbocycles. The number of anilines is 1. The molecule has 0 fully saturated rings. The van der Waals surface area contributed by atoms with Gasteiger partial charge in [-0.15, -0.1) is 0 Å². The molecule has 0 unspecified atom stereocenters. The van der Waals surface area contributed by atoms with Crippen LogP contribution in [-0.2, 0) is 0 Å². The molecule has 4 aromatic rings. The van der Waals surface area contributed by atoms with Gasteiger partial charge in [0.15, 0.2) is 0 Å². The van der Waals surface area contributed by atoms with Crippen molar-refractivity contribution in [3.8, 4) is 0 Å². The van der Waals surface area contributed by atoms with E-state index < -0.39 is 0 Å². The van der Waals surface area contributed by atoms with Gasteiger partial charge in [-0.05, 0) is 17.7 Å². The highest BCUT2D eigenvalue weighted by molar-refractivity contribution is 6.42. The Kier molecular flexibility index (Phi) is 3.47. The first kappa shape index (κ1) is 14.7. The molecule has 1 heterocycles. The van der Waals surface area contributed by atoms with Gasteiger partial charge in [-0.2, -0.15) is 5.10 Å². The van der Waals surface area contributed by atoms with Gasteiger partial charge in [0.05, 0.1) is 23.1 Å². The topological polar surface area (TPSA) is 56.2 Å². The van der Waals surface area contributed by atoms with E-state index in [0.29, 0.717) is 5.95 Å². The predicted molar refractivity (Wildman–Crippen MR) is 101 cm³/mol. The van der Waals surface area contributed by atoms with Crippen molar-refractivity contribution >= 4 is 45.3 Å². The van der Waals surface area contributed by atoms with E-state index in [4.69, 9.17) is 17.3 Å². The van der Waals surface area contributed by atoms with Crippen LogP contribution in [0.15, 0.2) is 59.8 Å². The lowest BCUT2D eigenvalue weighted by Crippen LogP contribution is -1.98. The quantitative estimate of drug-likeness (QED) is 0.429. The van der Waals surface area contributed by atoms with E-state index in [1.54, 1.807) is 10.9 Å². The van der Waals surface area contributed by atoms with Crippen LogP contribution < -0.4 is 5.73 Å². The normalized spacial score (nSPS) is 11.8. The molecule has 24 heavy (non-hydrogen) atoms. The Morgan fingerprint density at radius 3 is 2.04 bits per heavy atom. The third-order valence-corrected chi connectivity index (χ3v) is 4.46. The molecule has 1 aromatic heterocycles. The van der Waals surface area contributed by atoms with E-state index in [1.807, 2.05) is 49.5 Å². The van der Waals surface area contributed by atoms with E-state index in [0.717, 1.165) is 37.8 Å². The van der Waals surface area contributed by atoms with Gasteiger partial charge in [0.2, 0.25) is 5.95 Å². The van der Waals surface area contributed by atoms with Gasteiger partial charge >= 0.3 is 0 Å². The number of imidazole rings is 1. The number of benzene rings is 3. The lowest BCUT2D eigenvalue weighted by atomic mass is 9.97. The van der Waals surface area contributed by atoms with Crippen molar-refractivity contribution in [2.24, 2.45) is 5.10 Å². The molecular weight excluding hydrogens is 320 g/mol. The summed E-state index contributed by atoms with van der Waals surface area (Å²) in [7, 11) is 0. The fraction of sp³-hybridized carbons (Fsp3) is 0.0526. The summed E-state index contributed by atoms with van der Waals surface area (Å²) >= 11 is 6.61. The predicted octanol–water partition coefficient (Wildman–Crippen LogP) is 4.62. The van der Waals surface area contributed by atoms with E-state index >= 15 is 0 Å². The van der Waals surface area contributed by atoms with E-state index in [9.17, 15) is 0 Å². The number of rotatable bonds is 2. The van der Waals surface area contributed by atoms with Crippen LogP contribution in [0.2, 0.25) is 5.02 Å². The molecule has 2 N–H and O–H groups in total. The number of aryl methyl sites for hydroxylation is 1. The second-order valence-electron chi connectivity index (χ2n) is 5.65. The third-order valence-electron chi connectivity index (χ3n) is 4.05. The molecular formula is C19H15ClN4. The second kappa shape index (κ2) is 5.65. The maximum Gasteiger partial charge on any atom is 0.221 e. The fourth-order valence-corrected chi connectivity index (χ4v) is 3.29. The number of hydrogen-bond donors (Lipinski definition) is 1. The maximum absolute atomic E-state index is 6.61. The average molecular weight is 335 g/mol. The molecule has 0 spiro atoms. The number of nitrogens with zero attached hydrogens (tertiary/aromatic N) is 3. The van der Waals surface area contributed by atoms with Crippen LogP contribution in [0.25, 0.3) is 21.5 Å². The van der Waals surface area contributed by atoms with Crippen LogP contribution in [0.5, 0.6) is 0 Å². The van der Waals surface area contributed by atoms with Gasteiger partial charge in [0.25, 0.3) is 0 Å². The zero-order valence-corrected chi connectivity index (χ0v) is 13.8. The van der Waals surface area contributed by atoms with Gasteiger partial charge in [0.1, 0.15) is 0 Å². The van der Waals surface area contributed by atoms with E-state index in [1.165, 1.54) is 0 Å². The summed E-state index contributed by atoms with van der Waals surface area (Å²) in [6, 6.07) is 16.1. The molecule has 0 saturated carbocycles. The van der Waals surface area contributed by atoms with Crippen LogP contribution in [0.4, 0.5) is 5.95 Å². The third kappa shape index (κ3) is 2.32. The molecule has 3 aromatic carbocycles. The highest BCUT2D eigenvalue weighted by Gasteiger charge is 2.11. The average Bonchev–Trinajstić information content (AvgIpc) is 2.92. The molecule has 0 aliphatic rings. The van der Waals surface area contributed by atoms with Crippen molar-refractivity contribution < 1.29 is 0 Å². The van der Waals surface area contributed by atoms with Gasteiger partial charge in [0, 0.05) is 16.3 Å². The van der Waals surface area contributed by atoms with Crippen molar-refractivity contribution in [2.75, 3.05) is 5.73 Å². The molecule has 0 saturated heterocycles. The summed E-state index contributed by atoms with van der Waals surface area (Å²) in [5.41, 5.74) is 7.71. The summed E-state index contributed by atoms with van der Waals surface area (Å²) in [5.74, 6) is 0.367. The Bertz CT molecular complexity index is 1040. The van der Waals surface area contributed by atoms with Crippen LogP contribution >= 0.6 is 11.6 Å². The number of nitrogen functional groups attached to an aromatic ring is 1. The molecule has 4 rings (SSSR count). The van der Waals surface area contributed by atoms with Crippen LogP contribution in [-0.4, -0.2) is 15.9 Å². The zero-order chi connectivity index (χ0) is 16.7. The molecule has 4 nitrogen and oxygen atoms in total. The minimum absolute atomic E-state index is 0.367. The molecule has 0 bridgehead atoms. The lowest BCUT2D eigenvalue weighted by molar-refractivity contribution is 0.897. The van der Waals surface area contributed by atoms with E-state index in [2.05, 4.69) is 22.2 Å². The van der Waals surface area contributed by atoms with Crippen molar-refractivity contribution in [3.05, 3.63) is 71.0 Å². The standard InChI is InChI=1S/C19H15ClN4/c1-12-11-24(19(21)23-12)22-10-17-13-6-2-4-8-15(13)18(20)16-9-5-3-7-14(16)17/h2-11H,1H3,(H2,21,23). The highest BCUT2D eigenvalue weighted by Crippen LogP contribution is 2.35. The van der Waals surface area contributed by atoms with Crippen molar-refractivity contribution in [2.45, 2.75) is 6.92 Å². The van der Waals surface area contributed by atoms with Crippen LogP contribution in [0.3, 0.4) is 0 Å². The summed E-state index contributed by atoms with van der Waals surface area (Å²) in [4.78, 5) is 4.17. The summed E-state index contributed by atoms with van der Waals surface area (Å²) in [5, 5.41) is 9.38. The van der Waals surface area contributed by atoms with Crippen molar-refractivity contribution in [1.82, 2.24) is 9.66 Å². The molecule has 0 amide bonds. The largest absolute Gasteiger partial charge is 0.368 e. The van der Waals surface area contributed by atoms with Gasteiger partial charge in [-0.25, -0.2) is 9.66 Å². The molecule has 5 heteroatoms. The SMILES string of the molecule is Cc1cn(N=Cc2c3ccccc3c(Cl)c3ccccc23)c(N)n1. The lowest BCUT2D eigenvalue weighted by Gasteiger charge is -2.10. The minimum Gasteiger partial charge on any atom is -0.368 e. The number of halogens is 1. The molecule has 0 radical (unpaired) electrons. The first-order valence-corrected chi connectivity index (χ1v) is 7.97. The first-order valence-electron chi connectivity index (χ1n) is 7.60. The van der Waals surface area contributed by atoms with Gasteiger partial charge in [-0.1, -0.05) is 60.1 Å². The number of aromatic nitrogens is 2. The number of fused-ring (bicyclic) bond motifs is 2.